The zero-order valence-corrected chi connectivity index (χ0v) is 80.7. The van der Waals surface area contributed by atoms with E-state index in [1.807, 2.05) is 166 Å². The molecule has 2 radical (unpaired) electrons. The summed E-state index contributed by atoms with van der Waals surface area (Å²) in [6.07, 6.45) is 4.05. The number of hydrogen-bond donors (Lipinski definition) is 0. The molecule has 0 aliphatic rings. The molecule has 130 heavy (non-hydrogen) atoms. The van der Waals surface area contributed by atoms with Crippen LogP contribution in [0.1, 0.15) is 138 Å². The average Bonchev–Trinajstić information content (AvgIpc) is 1.59. The van der Waals surface area contributed by atoms with Crippen molar-refractivity contribution in [2.75, 3.05) is 0 Å². The van der Waals surface area contributed by atoms with Gasteiger partial charge in [-0.05, 0) is 203 Å². The maximum Gasteiger partial charge on any atom is 0.121 e. The van der Waals surface area contributed by atoms with Crippen molar-refractivity contribution in [3.63, 3.8) is 0 Å². The molecule has 6 nitrogen and oxygen atoms in total. The normalized spacial score (nSPS) is 15.0. The van der Waals surface area contributed by atoms with Gasteiger partial charge >= 0.3 is 0 Å². The zero-order chi connectivity index (χ0) is 108. The van der Waals surface area contributed by atoms with Gasteiger partial charge in [0.1, 0.15) is 11.2 Å². The number of furan rings is 2. The van der Waals surface area contributed by atoms with Crippen LogP contribution >= 0.6 is 0 Å². The van der Waals surface area contributed by atoms with E-state index in [-0.39, 0.29) is 79.2 Å². The van der Waals surface area contributed by atoms with Crippen LogP contribution in [0.5, 0.6) is 0 Å². The third-order valence-corrected chi connectivity index (χ3v) is 36.7. The van der Waals surface area contributed by atoms with E-state index in [0.717, 1.165) is 134 Å². The predicted octanol–water partition coefficient (Wildman–Crippen LogP) is 32.4. The average molecular weight is 2110 g/mol. The van der Waals surface area contributed by atoms with Crippen LogP contribution in [0, 0.1) is 77.6 Å². The molecule has 0 amide bonds. The van der Waals surface area contributed by atoms with Crippen LogP contribution in [0.3, 0.4) is 0 Å². The van der Waals surface area contributed by atoms with Gasteiger partial charge in [0, 0.05) is 107 Å². The summed E-state index contributed by atoms with van der Waals surface area (Å²) >= 11 is 0. The maximum absolute atomic E-state index is 8.53. The molecule has 10 heteroatoms. The first-order valence-corrected chi connectivity index (χ1v) is 48.9. The third kappa shape index (κ3) is 18.9. The third-order valence-electron chi connectivity index (χ3n) is 25.5. The molecule has 6 heterocycles. The second-order valence-corrected chi connectivity index (χ2v) is 44.4. The van der Waals surface area contributed by atoms with Gasteiger partial charge in [0.05, 0.1) is 27.3 Å². The Morgan fingerprint density at radius 2 is 0.738 bits per heavy atom. The quantitative estimate of drug-likeness (QED) is 0.0514. The van der Waals surface area contributed by atoms with Crippen molar-refractivity contribution >= 4 is 113 Å². The molecule has 20 aromatic rings. The summed E-state index contributed by atoms with van der Waals surface area (Å²) in [6.45, 7) is 2.01. The summed E-state index contributed by atoms with van der Waals surface area (Å²) in [5.74, 6) is 0. The molecule has 0 N–H and O–H groups in total. The molecular weight excluding hydrogens is 1970 g/mol. The Labute approximate surface area is 829 Å². The Balaban J connectivity index is 0.000000156. The molecule has 0 bridgehead atoms. The molecule has 0 spiro atoms. The number of aryl methyl sites for hydroxylation is 7. The second-order valence-electron chi connectivity index (χ2n) is 33.9. The van der Waals surface area contributed by atoms with Gasteiger partial charge in [-0.3, -0.25) is 0 Å². The van der Waals surface area contributed by atoms with Crippen LogP contribution in [0.15, 0.2) is 313 Å². The molecular formula is C120H112Ir2N4O2Si2-4. The predicted molar refractivity (Wildman–Crippen MR) is 550 cm³/mol. The van der Waals surface area contributed by atoms with Crippen molar-refractivity contribution in [3.05, 3.63) is 373 Å². The number of nitrogens with zero attached hydrogens (tertiary/aromatic N) is 4. The van der Waals surface area contributed by atoms with Gasteiger partial charge in [-0.1, -0.05) is 362 Å². The van der Waals surface area contributed by atoms with Crippen LogP contribution < -0.4 is 10.4 Å². The number of hydrogen-bond acceptors (Lipinski definition) is 6. The first-order valence-electron chi connectivity index (χ1n) is 55.2. The van der Waals surface area contributed by atoms with Crippen molar-refractivity contribution in [1.82, 2.24) is 19.9 Å². The first-order chi connectivity index (χ1) is 71.3. The van der Waals surface area contributed by atoms with Crippen LogP contribution in [-0.4, -0.2) is 36.1 Å². The molecule has 20 rings (SSSR count). The summed E-state index contributed by atoms with van der Waals surface area (Å²) in [6, 6.07) is 106. The molecule has 0 unspecified atom stereocenters. The van der Waals surface area contributed by atoms with Crippen molar-refractivity contribution in [2.24, 2.45) is 5.41 Å². The van der Waals surface area contributed by atoms with E-state index < -0.39 is 75.9 Å². The summed E-state index contributed by atoms with van der Waals surface area (Å²) in [5.41, 5.74) is 12.3. The van der Waals surface area contributed by atoms with Crippen LogP contribution in [-0.2, 0) is 46.6 Å². The standard InChI is InChI=1S/2C39H36NOSi.C23H24N.C19H16N.2Ir/c2*1-6-42(7-2,8-3)29-18-19-30(25(4)20-29)34-22-37(40-24-26(34)5)33-15-11-14-32-36-21-28-17-16-27-12-9-10-13-31(27)35(28)23-38(36)41-39(32)33;1-17-10-12-20(14-21(17)19-8-6-5-7-9-19)22-13-11-18(16-24-22)15-23(2,3)4;1-14-8-11-19(20-13-14)17-10-9-15(2)18(12-17)16-6-4-3-5-7-16;;/h2*9-14,16-24H,6-8H2,1-5H3;5-11,13-14,16H,15H2,1-4H3;3-9,11-13H,1-2H3;;/q4*-1;;/i2*4D3,5D3;1D3,15D2;1D3,2D3;;. The minimum absolute atomic E-state index is 0. The minimum atomic E-state index is -2.52. The fourth-order valence-electron chi connectivity index (χ4n) is 18.0. The SMILES string of the molecule is [2H]C([2H])([2H])c1c[c-]c(-c2ccc(C([2H])([2H])C(C)(C)C)cn2)cc1-c1ccccc1.[2H]C([2H])([2H])c1ccc(-c2[c-]cc(C([2H])([2H])[2H])c(-c3ccccc3)c2)nc1.[2H]C([2H])([2H])c1cnc(-c2[c-]ccc3c2oc2cc4c(ccc5ccccc54)cc23)cc1-c1ccc([Si](CC)(CC)CC)cc1C([2H])([2H])[2H].[2H]C([2H])([2H])c1cnc(-c2[c-]ccc3c2oc2cc4c(ccc5ccccc54)cc23)cc1-c1ccc([Si](CC)(CC)CC)cc1C([2H])([2H])[2H].[Ir].[Ir]. The van der Waals surface area contributed by atoms with Gasteiger partial charge in [0.25, 0.3) is 0 Å². The Hall–Kier alpha value is -11.9. The van der Waals surface area contributed by atoms with E-state index in [0.29, 0.717) is 95.1 Å². The van der Waals surface area contributed by atoms with Crippen LogP contribution in [0.4, 0.5) is 0 Å². The number of pyridine rings is 4. The minimum Gasteiger partial charge on any atom is -0.501 e. The Morgan fingerprint density at radius 1 is 0.323 bits per heavy atom. The Morgan fingerprint density at radius 3 is 1.14 bits per heavy atom. The fourth-order valence-corrected chi connectivity index (χ4v) is 25.3. The monoisotopic (exact) mass is 2110 g/mol. The smallest absolute Gasteiger partial charge is 0.121 e. The molecule has 0 aliphatic heterocycles. The summed E-state index contributed by atoms with van der Waals surface area (Å²) in [5, 5.41) is 14.9. The van der Waals surface area contributed by atoms with E-state index in [2.05, 4.69) is 159 Å². The zero-order valence-electron chi connectivity index (χ0n) is 96.9. The molecule has 0 atom stereocenters. The molecule has 14 aromatic carbocycles. The summed E-state index contributed by atoms with van der Waals surface area (Å²) in [7, 11) is -3.83. The summed E-state index contributed by atoms with van der Waals surface area (Å²) < 4.78 is 200. The van der Waals surface area contributed by atoms with Crippen LogP contribution in [0.2, 0.25) is 36.3 Å². The largest absolute Gasteiger partial charge is 0.501 e. The van der Waals surface area contributed by atoms with Gasteiger partial charge < -0.3 is 28.8 Å². The van der Waals surface area contributed by atoms with Gasteiger partial charge in [-0.25, -0.2) is 0 Å². The number of fused-ring (bicyclic) bond motifs is 12. The molecule has 654 valence electrons. The first kappa shape index (κ1) is 67.3. The number of rotatable bonds is 17. The fraction of sp³-hybridized carbons (Fsp3) is 0.200. The van der Waals surface area contributed by atoms with Crippen molar-refractivity contribution in [3.8, 4) is 89.5 Å². The summed E-state index contributed by atoms with van der Waals surface area (Å²) in [4.78, 5) is 17.9. The Kier molecular flexibility index (Phi) is 20.6. The van der Waals surface area contributed by atoms with Crippen molar-refractivity contribution in [2.45, 2.75) is 153 Å². The van der Waals surface area contributed by atoms with Crippen molar-refractivity contribution < 1.29 is 80.6 Å². The van der Waals surface area contributed by atoms with Gasteiger partial charge in [0.2, 0.25) is 0 Å². The van der Waals surface area contributed by atoms with Crippen molar-refractivity contribution in [1.29, 1.82) is 0 Å². The van der Waals surface area contributed by atoms with E-state index in [1.54, 1.807) is 48.7 Å². The van der Waals surface area contributed by atoms with E-state index in [1.165, 1.54) is 36.8 Å². The van der Waals surface area contributed by atoms with Gasteiger partial charge in [-0.15, -0.1) is 95.1 Å². The van der Waals surface area contributed by atoms with Gasteiger partial charge in [-0.2, -0.15) is 0 Å². The maximum atomic E-state index is 8.53. The van der Waals surface area contributed by atoms with Crippen LogP contribution in [0.25, 0.3) is 177 Å². The molecule has 0 saturated carbocycles. The number of aromatic nitrogens is 4. The number of benzene rings is 14. The molecule has 0 saturated heterocycles. The topological polar surface area (TPSA) is 77.8 Å². The van der Waals surface area contributed by atoms with E-state index in [4.69, 9.17) is 40.4 Å². The van der Waals surface area contributed by atoms with Gasteiger partial charge in [0.15, 0.2) is 0 Å². The molecule has 6 aromatic heterocycles. The molecule has 0 fully saturated rings. The Bertz CT molecular complexity index is 8130. The molecule has 0 aliphatic carbocycles. The van der Waals surface area contributed by atoms with E-state index >= 15 is 0 Å². The second kappa shape index (κ2) is 39.8. The van der Waals surface area contributed by atoms with E-state index in [9.17, 15) is 0 Å².